The molecule has 9 heteroatoms. The third-order valence-electron chi connectivity index (χ3n) is 7.09. The third kappa shape index (κ3) is 5.73. The van der Waals surface area contributed by atoms with Gasteiger partial charge in [0.1, 0.15) is 5.76 Å². The van der Waals surface area contributed by atoms with E-state index in [1.807, 2.05) is 30.3 Å². The molecule has 8 nitrogen and oxygen atoms in total. The van der Waals surface area contributed by atoms with E-state index in [4.69, 9.17) is 9.15 Å². The number of benzene rings is 1. The van der Waals surface area contributed by atoms with Gasteiger partial charge in [-0.25, -0.2) is 13.4 Å². The second-order valence-corrected chi connectivity index (χ2v) is 11.7. The Morgan fingerprint density at radius 1 is 1.03 bits per heavy atom. The molecule has 1 amide bonds. The highest BCUT2D eigenvalue weighted by Crippen LogP contribution is 2.29. The topological polar surface area (TPSA) is 94.6 Å². The molecule has 1 aliphatic carbocycles. The van der Waals surface area contributed by atoms with Crippen LogP contribution in [0, 0.1) is 5.92 Å². The van der Waals surface area contributed by atoms with Crippen molar-refractivity contribution in [2.75, 3.05) is 6.61 Å². The minimum atomic E-state index is -3.71. The Morgan fingerprint density at radius 2 is 1.83 bits per heavy atom. The molecule has 1 aliphatic heterocycles. The normalized spacial score (nSPS) is 18.6. The second kappa shape index (κ2) is 11.0. The number of carbonyl (C=O) groups excluding carboxylic acids is 1. The van der Waals surface area contributed by atoms with Crippen LogP contribution in [0.25, 0.3) is 0 Å². The monoisotopic (exact) mass is 511 g/mol. The van der Waals surface area contributed by atoms with E-state index in [0.29, 0.717) is 36.7 Å². The first-order valence-electron chi connectivity index (χ1n) is 12.7. The first-order chi connectivity index (χ1) is 17.5. The predicted molar refractivity (Wildman–Crippen MR) is 133 cm³/mol. The number of hydrogen-bond donors (Lipinski definition) is 0. The molecular weight excluding hydrogens is 478 g/mol. The number of nitrogens with zero attached hydrogens (tertiary/aromatic N) is 3. The van der Waals surface area contributed by atoms with Crippen LogP contribution in [0.5, 0.6) is 0 Å². The fourth-order valence-electron chi connectivity index (χ4n) is 5.24. The van der Waals surface area contributed by atoms with Gasteiger partial charge < -0.3 is 18.6 Å². The average molecular weight is 512 g/mol. The Balaban J connectivity index is 1.46. The lowest BCUT2D eigenvalue weighted by Gasteiger charge is -2.26. The summed E-state index contributed by atoms with van der Waals surface area (Å²) >= 11 is 0. The van der Waals surface area contributed by atoms with Crippen LogP contribution >= 0.6 is 0 Å². The summed E-state index contributed by atoms with van der Waals surface area (Å²) in [5.74, 6) is 0.647. The second-order valence-electron chi connectivity index (χ2n) is 9.78. The quantitative estimate of drug-likeness (QED) is 0.402. The van der Waals surface area contributed by atoms with Crippen molar-refractivity contribution in [3.05, 3.63) is 71.9 Å². The van der Waals surface area contributed by atoms with E-state index in [0.717, 1.165) is 38.5 Å². The van der Waals surface area contributed by atoms with Gasteiger partial charge in [0.15, 0.2) is 0 Å². The lowest BCUT2D eigenvalue weighted by atomic mass is 10.1. The number of amides is 1. The first kappa shape index (κ1) is 24.8. The van der Waals surface area contributed by atoms with Gasteiger partial charge in [-0.3, -0.25) is 4.79 Å². The molecule has 1 saturated heterocycles. The van der Waals surface area contributed by atoms with Gasteiger partial charge in [0, 0.05) is 12.5 Å². The molecule has 1 aromatic carbocycles. The van der Waals surface area contributed by atoms with Crippen molar-refractivity contribution < 1.29 is 22.4 Å². The summed E-state index contributed by atoms with van der Waals surface area (Å²) in [7, 11) is -3.71. The van der Waals surface area contributed by atoms with Gasteiger partial charge in [-0.05, 0) is 43.4 Å². The van der Waals surface area contributed by atoms with Crippen LogP contribution in [-0.4, -0.2) is 41.5 Å². The maximum Gasteiger partial charge on any atom is 0.228 e. The highest BCUT2D eigenvalue weighted by molar-refractivity contribution is 7.90. The Hall–Kier alpha value is -2.91. The highest BCUT2D eigenvalue weighted by Gasteiger charge is 2.31. The molecule has 1 saturated carbocycles. The van der Waals surface area contributed by atoms with Crippen LogP contribution in [0.4, 0.5) is 0 Å². The van der Waals surface area contributed by atoms with E-state index in [9.17, 15) is 13.2 Å². The van der Waals surface area contributed by atoms with E-state index >= 15 is 0 Å². The zero-order valence-electron chi connectivity index (χ0n) is 20.4. The number of furan rings is 1. The minimum Gasteiger partial charge on any atom is -0.467 e. The van der Waals surface area contributed by atoms with Gasteiger partial charge in [-0.15, -0.1) is 0 Å². The van der Waals surface area contributed by atoms with Crippen LogP contribution in [0.1, 0.15) is 55.5 Å². The maximum atomic E-state index is 13.5. The molecule has 2 aliphatic rings. The number of aromatic nitrogens is 2. The SMILES string of the molecule is O=C(C1CCCC1)N(Cc1ccco1)Cc1cnc(S(=O)(=O)Cc2ccccc2)n1C[C@@H]1CCCO1. The first-order valence-corrected chi connectivity index (χ1v) is 14.4. The van der Waals surface area contributed by atoms with Crippen molar-refractivity contribution in [3.8, 4) is 0 Å². The molecule has 1 atom stereocenters. The highest BCUT2D eigenvalue weighted by atomic mass is 32.2. The van der Waals surface area contributed by atoms with Crippen LogP contribution in [0.2, 0.25) is 0 Å². The number of sulfone groups is 1. The van der Waals surface area contributed by atoms with Crippen LogP contribution in [0.15, 0.2) is 64.5 Å². The average Bonchev–Trinajstić information content (AvgIpc) is 3.68. The maximum absolute atomic E-state index is 13.5. The lowest BCUT2D eigenvalue weighted by Crippen LogP contribution is -2.35. The number of hydrogen-bond acceptors (Lipinski definition) is 6. The van der Waals surface area contributed by atoms with Crippen LogP contribution in [-0.2, 0) is 44.8 Å². The zero-order chi connectivity index (χ0) is 25.0. The summed E-state index contributed by atoms with van der Waals surface area (Å²) in [6.45, 7) is 1.66. The lowest BCUT2D eigenvalue weighted by molar-refractivity contribution is -0.137. The molecule has 5 rings (SSSR count). The Bertz CT molecular complexity index is 1240. The standard InChI is InChI=1S/C27H33N3O5S/c31-26(22-10-4-5-11-22)29(18-24-12-6-14-34-24)17-23-16-28-27(30(23)19-25-13-7-15-35-25)36(32,33)20-21-8-2-1-3-9-21/h1-3,6,8-9,12,14,16,22,25H,4-5,7,10-11,13,15,17-20H2/t25-/m0/s1. The van der Waals surface area contributed by atoms with Crippen molar-refractivity contribution in [1.29, 1.82) is 0 Å². The Kier molecular flexibility index (Phi) is 7.57. The molecule has 2 fully saturated rings. The molecule has 0 bridgehead atoms. The Labute approximate surface area is 212 Å². The van der Waals surface area contributed by atoms with Gasteiger partial charge in [0.25, 0.3) is 0 Å². The summed E-state index contributed by atoms with van der Waals surface area (Å²) in [6.07, 6.45) is 8.84. The molecule has 0 N–H and O–H groups in total. The minimum absolute atomic E-state index is 0.00390. The molecule has 0 unspecified atom stereocenters. The Morgan fingerprint density at radius 3 is 2.53 bits per heavy atom. The molecule has 36 heavy (non-hydrogen) atoms. The number of rotatable bonds is 10. The summed E-state index contributed by atoms with van der Waals surface area (Å²) < 4.78 is 40.1. The van der Waals surface area contributed by atoms with Crippen LogP contribution < -0.4 is 0 Å². The van der Waals surface area contributed by atoms with Crippen molar-refractivity contribution in [3.63, 3.8) is 0 Å². The molecule has 192 valence electrons. The van der Waals surface area contributed by atoms with Gasteiger partial charge in [-0.1, -0.05) is 43.2 Å². The van der Waals surface area contributed by atoms with E-state index in [1.54, 1.807) is 34.1 Å². The van der Waals surface area contributed by atoms with Gasteiger partial charge in [0.05, 0.1) is 49.6 Å². The summed E-state index contributed by atoms with van der Waals surface area (Å²) in [5, 5.41) is 0.0307. The number of ether oxygens (including phenoxy) is 1. The van der Waals surface area contributed by atoms with E-state index < -0.39 is 9.84 Å². The fourth-order valence-corrected chi connectivity index (χ4v) is 6.74. The summed E-state index contributed by atoms with van der Waals surface area (Å²) in [4.78, 5) is 19.7. The largest absolute Gasteiger partial charge is 0.467 e. The summed E-state index contributed by atoms with van der Waals surface area (Å²) in [5.41, 5.74) is 1.40. The molecular formula is C27H33N3O5S. The van der Waals surface area contributed by atoms with Crippen LogP contribution in [0.3, 0.4) is 0 Å². The molecule has 0 radical (unpaired) electrons. The fraction of sp³-hybridized carbons (Fsp3) is 0.481. The zero-order valence-corrected chi connectivity index (χ0v) is 21.2. The predicted octanol–water partition coefficient (Wildman–Crippen LogP) is 4.35. The summed E-state index contributed by atoms with van der Waals surface area (Å²) in [6, 6.07) is 12.8. The van der Waals surface area contributed by atoms with Gasteiger partial charge in [-0.2, -0.15) is 0 Å². The molecule has 3 aromatic rings. The molecule has 2 aromatic heterocycles. The smallest absolute Gasteiger partial charge is 0.228 e. The number of carbonyl (C=O) groups is 1. The van der Waals surface area contributed by atoms with E-state index in [-0.39, 0.29) is 35.4 Å². The van der Waals surface area contributed by atoms with Crippen molar-refractivity contribution >= 4 is 15.7 Å². The van der Waals surface area contributed by atoms with Gasteiger partial charge >= 0.3 is 0 Å². The van der Waals surface area contributed by atoms with Gasteiger partial charge in [0.2, 0.25) is 20.9 Å². The van der Waals surface area contributed by atoms with Crippen molar-refractivity contribution in [2.24, 2.45) is 5.92 Å². The third-order valence-corrected chi connectivity index (χ3v) is 8.68. The number of imidazole rings is 1. The van der Waals surface area contributed by atoms with Crippen molar-refractivity contribution in [1.82, 2.24) is 14.5 Å². The molecule has 3 heterocycles. The molecule has 0 spiro atoms. The van der Waals surface area contributed by atoms with Crippen molar-refractivity contribution in [2.45, 2.75) is 75.2 Å². The van der Waals surface area contributed by atoms with E-state index in [2.05, 4.69) is 4.98 Å². The van der Waals surface area contributed by atoms with E-state index in [1.165, 1.54) is 0 Å².